The van der Waals surface area contributed by atoms with Crippen LogP contribution < -0.4 is 0 Å². The van der Waals surface area contributed by atoms with E-state index in [9.17, 15) is 0 Å². The molecule has 0 aromatic rings. The van der Waals surface area contributed by atoms with Gasteiger partial charge in [-0.25, -0.2) is 0 Å². The summed E-state index contributed by atoms with van der Waals surface area (Å²) in [4.78, 5) is 0. The van der Waals surface area contributed by atoms with Gasteiger partial charge in [-0.05, 0) is 25.7 Å². The zero-order valence-corrected chi connectivity index (χ0v) is 12.4. The average Bonchev–Trinajstić information content (AvgIpc) is 2.33. The van der Waals surface area contributed by atoms with Crippen LogP contribution in [0, 0.1) is 5.92 Å². The molecular weight excluding hydrogens is 232 g/mol. The predicted molar refractivity (Wildman–Crippen MR) is 73.0 cm³/mol. The van der Waals surface area contributed by atoms with Gasteiger partial charge < -0.3 is 18.9 Å². The fraction of sp³-hybridized carbons (Fsp3) is 1.00. The first kappa shape index (κ1) is 17.8. The van der Waals surface area contributed by atoms with Crippen LogP contribution in [0.25, 0.3) is 0 Å². The fourth-order valence-corrected chi connectivity index (χ4v) is 1.37. The number of hydrogen-bond acceptors (Lipinski definition) is 4. The summed E-state index contributed by atoms with van der Waals surface area (Å²) >= 11 is 0. The van der Waals surface area contributed by atoms with Crippen molar-refractivity contribution in [3.8, 4) is 0 Å². The second-order valence-electron chi connectivity index (χ2n) is 4.92. The van der Waals surface area contributed by atoms with Crippen molar-refractivity contribution in [2.75, 3.05) is 46.8 Å². The molecule has 1 unspecified atom stereocenters. The Bertz CT molecular complexity index is 162. The molecule has 110 valence electrons. The third-order valence-corrected chi connectivity index (χ3v) is 2.32. The summed E-state index contributed by atoms with van der Waals surface area (Å²) in [5.74, 6) is 0.583. The smallest absolute Gasteiger partial charge is 0.0780 e. The molecule has 0 bridgehead atoms. The summed E-state index contributed by atoms with van der Waals surface area (Å²) in [6, 6.07) is 0. The molecule has 4 heteroatoms. The Hall–Kier alpha value is -0.160. The average molecular weight is 262 g/mol. The molecule has 0 aliphatic carbocycles. The van der Waals surface area contributed by atoms with Crippen molar-refractivity contribution >= 4 is 0 Å². The van der Waals surface area contributed by atoms with Crippen molar-refractivity contribution < 1.29 is 18.9 Å². The van der Waals surface area contributed by atoms with Crippen LogP contribution in [0.2, 0.25) is 0 Å². The van der Waals surface area contributed by atoms with Crippen LogP contribution >= 0.6 is 0 Å². The van der Waals surface area contributed by atoms with E-state index in [1.807, 2.05) is 6.92 Å². The maximum absolute atomic E-state index is 5.61. The largest absolute Gasteiger partial charge is 0.385 e. The molecule has 0 saturated carbocycles. The minimum atomic E-state index is 0.151. The highest BCUT2D eigenvalue weighted by Gasteiger charge is 2.02. The summed E-state index contributed by atoms with van der Waals surface area (Å²) < 4.78 is 21.5. The fourth-order valence-electron chi connectivity index (χ4n) is 1.37. The lowest BCUT2D eigenvalue weighted by atomic mass is 10.2. The van der Waals surface area contributed by atoms with Gasteiger partial charge in [0.05, 0.1) is 25.9 Å². The maximum atomic E-state index is 5.61. The second kappa shape index (κ2) is 13.3. The lowest BCUT2D eigenvalue weighted by molar-refractivity contribution is -0.0270. The summed E-state index contributed by atoms with van der Waals surface area (Å²) in [6.45, 7) is 10.6. The second-order valence-corrected chi connectivity index (χ2v) is 4.92. The first-order valence-electron chi connectivity index (χ1n) is 6.92. The van der Waals surface area contributed by atoms with Gasteiger partial charge in [0.15, 0.2) is 0 Å². The first-order chi connectivity index (χ1) is 8.66. The Morgan fingerprint density at radius 2 is 1.39 bits per heavy atom. The zero-order valence-electron chi connectivity index (χ0n) is 12.4. The normalized spacial score (nSPS) is 13.2. The van der Waals surface area contributed by atoms with Gasteiger partial charge in [-0.2, -0.15) is 0 Å². The topological polar surface area (TPSA) is 36.9 Å². The summed E-state index contributed by atoms with van der Waals surface area (Å²) in [5.41, 5.74) is 0. The molecule has 0 aliphatic heterocycles. The lowest BCUT2D eigenvalue weighted by Gasteiger charge is -2.13. The minimum Gasteiger partial charge on any atom is -0.385 e. The number of methoxy groups -OCH3 is 1. The number of unbranched alkanes of at least 4 members (excludes halogenated alkanes) is 1. The van der Waals surface area contributed by atoms with E-state index in [4.69, 9.17) is 18.9 Å². The summed E-state index contributed by atoms with van der Waals surface area (Å²) in [7, 11) is 1.72. The van der Waals surface area contributed by atoms with Crippen LogP contribution in [0.4, 0.5) is 0 Å². The Morgan fingerprint density at radius 3 is 2.00 bits per heavy atom. The van der Waals surface area contributed by atoms with Gasteiger partial charge in [-0.3, -0.25) is 0 Å². The Labute approximate surface area is 112 Å². The summed E-state index contributed by atoms with van der Waals surface area (Å²) in [6.07, 6.45) is 2.24. The highest BCUT2D eigenvalue weighted by atomic mass is 16.5. The van der Waals surface area contributed by atoms with Crippen molar-refractivity contribution in [1.82, 2.24) is 0 Å². The SMILES string of the molecule is COCCCCOC(C)COCCOCC(C)C. The Balaban J connectivity index is 3.14. The third kappa shape index (κ3) is 13.9. The summed E-state index contributed by atoms with van der Waals surface area (Å²) in [5, 5.41) is 0. The number of ether oxygens (including phenoxy) is 4. The van der Waals surface area contributed by atoms with E-state index >= 15 is 0 Å². The molecule has 0 aliphatic rings. The Kier molecular flexibility index (Phi) is 13.2. The number of rotatable bonds is 13. The van der Waals surface area contributed by atoms with Gasteiger partial charge in [0.25, 0.3) is 0 Å². The van der Waals surface area contributed by atoms with Crippen LogP contribution in [-0.2, 0) is 18.9 Å². The first-order valence-corrected chi connectivity index (χ1v) is 6.92. The van der Waals surface area contributed by atoms with Crippen LogP contribution in [-0.4, -0.2) is 52.9 Å². The molecule has 0 saturated heterocycles. The van der Waals surface area contributed by atoms with Crippen LogP contribution in [0.15, 0.2) is 0 Å². The Morgan fingerprint density at radius 1 is 0.778 bits per heavy atom. The molecule has 0 heterocycles. The van der Waals surface area contributed by atoms with Crippen LogP contribution in [0.3, 0.4) is 0 Å². The highest BCUT2D eigenvalue weighted by Crippen LogP contribution is 1.97. The molecule has 1 atom stereocenters. The molecule has 4 nitrogen and oxygen atoms in total. The van der Waals surface area contributed by atoms with E-state index in [-0.39, 0.29) is 6.10 Å². The molecule has 0 spiro atoms. The minimum absolute atomic E-state index is 0.151. The van der Waals surface area contributed by atoms with E-state index < -0.39 is 0 Å². The van der Waals surface area contributed by atoms with Gasteiger partial charge in [-0.1, -0.05) is 13.8 Å². The van der Waals surface area contributed by atoms with Gasteiger partial charge in [0.1, 0.15) is 0 Å². The quantitative estimate of drug-likeness (QED) is 0.478. The van der Waals surface area contributed by atoms with Gasteiger partial charge in [-0.15, -0.1) is 0 Å². The zero-order chi connectivity index (χ0) is 13.6. The molecule has 0 fully saturated rings. The van der Waals surface area contributed by atoms with Gasteiger partial charge in [0, 0.05) is 26.9 Å². The predicted octanol–water partition coefficient (Wildman–Crippen LogP) is 2.51. The molecule has 18 heavy (non-hydrogen) atoms. The molecule has 0 amide bonds. The van der Waals surface area contributed by atoms with E-state index in [2.05, 4.69) is 13.8 Å². The monoisotopic (exact) mass is 262 g/mol. The van der Waals surface area contributed by atoms with Crippen molar-refractivity contribution in [2.24, 2.45) is 5.92 Å². The van der Waals surface area contributed by atoms with E-state index in [1.54, 1.807) is 7.11 Å². The lowest BCUT2D eigenvalue weighted by Crippen LogP contribution is -2.19. The van der Waals surface area contributed by atoms with Crippen LogP contribution in [0.1, 0.15) is 33.6 Å². The van der Waals surface area contributed by atoms with Crippen molar-refractivity contribution in [3.63, 3.8) is 0 Å². The van der Waals surface area contributed by atoms with Crippen molar-refractivity contribution in [3.05, 3.63) is 0 Å². The molecule has 0 aromatic heterocycles. The van der Waals surface area contributed by atoms with Crippen LogP contribution in [0.5, 0.6) is 0 Å². The third-order valence-electron chi connectivity index (χ3n) is 2.32. The van der Waals surface area contributed by atoms with E-state index in [0.29, 0.717) is 25.7 Å². The van der Waals surface area contributed by atoms with Gasteiger partial charge in [0.2, 0.25) is 0 Å². The highest BCUT2D eigenvalue weighted by molar-refractivity contribution is 4.48. The van der Waals surface area contributed by atoms with E-state index in [0.717, 1.165) is 32.7 Å². The maximum Gasteiger partial charge on any atom is 0.0780 e. The molecule has 0 aromatic carbocycles. The molecule has 0 rings (SSSR count). The standard InChI is InChI=1S/C14H30O4/c1-13(2)11-16-9-10-17-12-14(3)18-8-6-5-7-15-4/h13-14H,5-12H2,1-4H3. The van der Waals surface area contributed by atoms with E-state index in [1.165, 1.54) is 0 Å². The molecule has 0 radical (unpaired) electrons. The van der Waals surface area contributed by atoms with Crippen molar-refractivity contribution in [2.45, 2.75) is 39.7 Å². The molecule has 0 N–H and O–H groups in total. The van der Waals surface area contributed by atoms with Gasteiger partial charge >= 0.3 is 0 Å². The number of hydrogen-bond donors (Lipinski definition) is 0. The molecular formula is C14H30O4. The van der Waals surface area contributed by atoms with Crippen molar-refractivity contribution in [1.29, 1.82) is 0 Å².